The molecule has 0 unspecified atom stereocenters. The maximum atomic E-state index is 10.8. The molecule has 3 heteroatoms. The zero-order valence-electron chi connectivity index (χ0n) is 11.4. The number of methoxy groups -OCH3 is 1. The minimum absolute atomic E-state index is 0.191. The zero-order chi connectivity index (χ0) is 13.4. The molecule has 1 rings (SSSR count). The molecule has 1 aromatic rings. The lowest BCUT2D eigenvalue weighted by atomic mass is 10.1. The Morgan fingerprint density at radius 3 is 2.33 bits per heavy atom. The molecule has 0 N–H and O–H groups in total. The van der Waals surface area contributed by atoms with Crippen LogP contribution < -0.4 is 9.47 Å². The van der Waals surface area contributed by atoms with Crippen LogP contribution in [0.5, 0.6) is 11.5 Å². The lowest BCUT2D eigenvalue weighted by molar-refractivity contribution is 0.112. The standard InChI is InChI=1S/C15H22O3/c1-4-6-13(7-5-2)18-15-10-12(11-16)8-9-14(15)17-3/h8-11,13H,4-7H2,1-3H3. The molecule has 0 aliphatic rings. The molecule has 0 atom stereocenters. The predicted molar refractivity (Wildman–Crippen MR) is 72.6 cm³/mol. The molecular formula is C15H22O3. The smallest absolute Gasteiger partial charge is 0.162 e. The molecule has 0 aliphatic carbocycles. The van der Waals surface area contributed by atoms with E-state index in [1.807, 2.05) is 0 Å². The zero-order valence-corrected chi connectivity index (χ0v) is 11.4. The summed E-state index contributed by atoms with van der Waals surface area (Å²) >= 11 is 0. The number of rotatable bonds is 8. The van der Waals surface area contributed by atoms with Crippen LogP contribution in [0.3, 0.4) is 0 Å². The van der Waals surface area contributed by atoms with Crippen LogP contribution >= 0.6 is 0 Å². The third-order valence-corrected chi connectivity index (χ3v) is 2.84. The van der Waals surface area contributed by atoms with E-state index in [0.717, 1.165) is 32.0 Å². The van der Waals surface area contributed by atoms with E-state index in [9.17, 15) is 4.79 Å². The quantitative estimate of drug-likeness (QED) is 0.657. The molecule has 0 fully saturated rings. The topological polar surface area (TPSA) is 35.5 Å². The number of carbonyl (C=O) groups excluding carboxylic acids is 1. The Hall–Kier alpha value is -1.51. The van der Waals surface area contributed by atoms with Crippen molar-refractivity contribution < 1.29 is 14.3 Å². The van der Waals surface area contributed by atoms with Crippen molar-refractivity contribution in [2.75, 3.05) is 7.11 Å². The SMILES string of the molecule is CCCC(CCC)Oc1cc(C=O)ccc1OC. The van der Waals surface area contributed by atoms with Gasteiger partial charge < -0.3 is 9.47 Å². The first-order chi connectivity index (χ1) is 8.74. The average Bonchev–Trinajstić information content (AvgIpc) is 2.39. The van der Waals surface area contributed by atoms with E-state index in [1.165, 1.54) is 0 Å². The Bertz CT molecular complexity index is 368. The van der Waals surface area contributed by atoms with E-state index in [4.69, 9.17) is 9.47 Å². The first-order valence-corrected chi connectivity index (χ1v) is 6.55. The van der Waals surface area contributed by atoms with Gasteiger partial charge in [0.25, 0.3) is 0 Å². The first kappa shape index (κ1) is 14.6. The van der Waals surface area contributed by atoms with Crippen molar-refractivity contribution >= 4 is 6.29 Å². The molecular weight excluding hydrogens is 228 g/mol. The number of hydrogen-bond donors (Lipinski definition) is 0. The highest BCUT2D eigenvalue weighted by molar-refractivity contribution is 5.76. The van der Waals surface area contributed by atoms with Crippen LogP contribution in [0.15, 0.2) is 18.2 Å². The largest absolute Gasteiger partial charge is 0.493 e. The lowest BCUT2D eigenvalue weighted by Gasteiger charge is -2.19. The summed E-state index contributed by atoms with van der Waals surface area (Å²) in [7, 11) is 1.61. The fraction of sp³-hybridized carbons (Fsp3) is 0.533. The molecule has 0 aromatic heterocycles. The Morgan fingerprint density at radius 2 is 1.83 bits per heavy atom. The number of benzene rings is 1. The monoisotopic (exact) mass is 250 g/mol. The van der Waals surface area contributed by atoms with Crippen molar-refractivity contribution in [3.63, 3.8) is 0 Å². The number of ether oxygens (including phenoxy) is 2. The van der Waals surface area contributed by atoms with E-state index in [0.29, 0.717) is 17.1 Å². The fourth-order valence-corrected chi connectivity index (χ4v) is 1.94. The minimum atomic E-state index is 0.191. The van der Waals surface area contributed by atoms with Gasteiger partial charge in [-0.05, 0) is 31.0 Å². The highest BCUT2D eigenvalue weighted by Gasteiger charge is 2.12. The summed E-state index contributed by atoms with van der Waals surface area (Å²) in [6.07, 6.45) is 5.21. The van der Waals surface area contributed by atoms with E-state index < -0.39 is 0 Å². The number of aldehydes is 1. The maximum Gasteiger partial charge on any atom is 0.162 e. The van der Waals surface area contributed by atoms with Gasteiger partial charge in [-0.3, -0.25) is 4.79 Å². The van der Waals surface area contributed by atoms with Gasteiger partial charge in [-0.2, -0.15) is 0 Å². The molecule has 100 valence electrons. The van der Waals surface area contributed by atoms with Crippen molar-refractivity contribution in [2.45, 2.75) is 45.6 Å². The molecule has 0 saturated heterocycles. The van der Waals surface area contributed by atoms with E-state index in [1.54, 1.807) is 25.3 Å². The second-order valence-electron chi connectivity index (χ2n) is 4.35. The maximum absolute atomic E-state index is 10.8. The number of hydrogen-bond acceptors (Lipinski definition) is 3. The summed E-state index contributed by atoms with van der Waals surface area (Å²) in [5.41, 5.74) is 0.609. The van der Waals surface area contributed by atoms with Gasteiger partial charge in [0.15, 0.2) is 11.5 Å². The minimum Gasteiger partial charge on any atom is -0.493 e. The van der Waals surface area contributed by atoms with Gasteiger partial charge in [-0.1, -0.05) is 26.7 Å². The van der Waals surface area contributed by atoms with Crippen LogP contribution in [0.4, 0.5) is 0 Å². The van der Waals surface area contributed by atoms with Gasteiger partial charge >= 0.3 is 0 Å². The summed E-state index contributed by atoms with van der Waals surface area (Å²) in [4.78, 5) is 10.8. The predicted octanol–water partition coefficient (Wildman–Crippen LogP) is 3.86. The number of carbonyl (C=O) groups is 1. The van der Waals surface area contributed by atoms with Crippen molar-refractivity contribution in [3.8, 4) is 11.5 Å². The van der Waals surface area contributed by atoms with Crippen molar-refractivity contribution in [1.29, 1.82) is 0 Å². The molecule has 1 aromatic carbocycles. The van der Waals surface area contributed by atoms with Crippen molar-refractivity contribution in [2.24, 2.45) is 0 Å². The van der Waals surface area contributed by atoms with Gasteiger partial charge in [0.1, 0.15) is 6.29 Å². The highest BCUT2D eigenvalue weighted by Crippen LogP contribution is 2.29. The van der Waals surface area contributed by atoms with Gasteiger partial charge in [-0.25, -0.2) is 0 Å². The van der Waals surface area contributed by atoms with Crippen LogP contribution in [0.1, 0.15) is 49.9 Å². The Labute approximate surface area is 109 Å². The highest BCUT2D eigenvalue weighted by atomic mass is 16.5. The summed E-state index contributed by atoms with van der Waals surface area (Å²) in [5.74, 6) is 1.34. The van der Waals surface area contributed by atoms with E-state index >= 15 is 0 Å². The van der Waals surface area contributed by atoms with Crippen molar-refractivity contribution in [3.05, 3.63) is 23.8 Å². The normalized spacial score (nSPS) is 10.4. The van der Waals surface area contributed by atoms with Crippen LogP contribution in [-0.4, -0.2) is 19.5 Å². The molecule has 0 aliphatic heterocycles. The van der Waals surface area contributed by atoms with Crippen LogP contribution in [0, 0.1) is 0 Å². The van der Waals surface area contributed by atoms with Gasteiger partial charge in [0, 0.05) is 5.56 Å². The Balaban J connectivity index is 2.87. The fourth-order valence-electron chi connectivity index (χ4n) is 1.94. The van der Waals surface area contributed by atoms with Gasteiger partial charge in [0.2, 0.25) is 0 Å². The van der Waals surface area contributed by atoms with Gasteiger partial charge in [-0.15, -0.1) is 0 Å². The average molecular weight is 250 g/mol. The third kappa shape index (κ3) is 4.06. The lowest BCUT2D eigenvalue weighted by Crippen LogP contribution is -2.16. The third-order valence-electron chi connectivity index (χ3n) is 2.84. The van der Waals surface area contributed by atoms with E-state index in [2.05, 4.69) is 13.8 Å². The molecule has 0 saturated carbocycles. The Kier molecular flexibility index (Phi) is 6.26. The first-order valence-electron chi connectivity index (χ1n) is 6.55. The van der Waals surface area contributed by atoms with Crippen LogP contribution in [0.2, 0.25) is 0 Å². The molecule has 3 nitrogen and oxygen atoms in total. The Morgan fingerprint density at radius 1 is 1.17 bits per heavy atom. The second-order valence-corrected chi connectivity index (χ2v) is 4.35. The summed E-state index contributed by atoms with van der Waals surface area (Å²) < 4.78 is 11.2. The molecule has 18 heavy (non-hydrogen) atoms. The molecule has 0 bridgehead atoms. The van der Waals surface area contributed by atoms with E-state index in [-0.39, 0.29) is 6.10 Å². The molecule has 0 heterocycles. The summed E-state index contributed by atoms with van der Waals surface area (Å²) in [6, 6.07) is 5.24. The van der Waals surface area contributed by atoms with Crippen LogP contribution in [-0.2, 0) is 0 Å². The molecule has 0 spiro atoms. The van der Waals surface area contributed by atoms with Gasteiger partial charge in [0.05, 0.1) is 13.2 Å². The molecule has 0 radical (unpaired) electrons. The second kappa shape index (κ2) is 7.75. The molecule has 0 amide bonds. The van der Waals surface area contributed by atoms with Crippen molar-refractivity contribution in [1.82, 2.24) is 0 Å². The summed E-state index contributed by atoms with van der Waals surface area (Å²) in [5, 5.41) is 0. The summed E-state index contributed by atoms with van der Waals surface area (Å²) in [6.45, 7) is 4.29. The van der Waals surface area contributed by atoms with Crippen LogP contribution in [0.25, 0.3) is 0 Å².